The maximum Gasteiger partial charge on any atom is 0.137 e. The van der Waals surface area contributed by atoms with Crippen LogP contribution in [0, 0.1) is 11.7 Å². The lowest BCUT2D eigenvalue weighted by Gasteiger charge is -2.26. The van der Waals surface area contributed by atoms with Crippen molar-refractivity contribution in [1.82, 2.24) is 5.43 Å². The lowest BCUT2D eigenvalue weighted by atomic mass is 9.88. The van der Waals surface area contributed by atoms with Gasteiger partial charge in [0.05, 0.1) is 4.47 Å². The van der Waals surface area contributed by atoms with Gasteiger partial charge in [-0.25, -0.2) is 4.39 Å². The van der Waals surface area contributed by atoms with Crippen LogP contribution < -0.4 is 11.3 Å². The Balaban J connectivity index is 2.07. The average Bonchev–Trinajstić information content (AvgIpc) is 2.69. The highest BCUT2D eigenvalue weighted by Crippen LogP contribution is 2.29. The number of benzene rings is 1. The van der Waals surface area contributed by atoms with Gasteiger partial charge in [0.25, 0.3) is 0 Å². The first-order valence-corrected chi connectivity index (χ1v) is 7.90. The van der Waals surface area contributed by atoms with Crippen LogP contribution in [0.1, 0.15) is 44.1 Å². The Bertz CT molecular complexity index is 403. The number of rotatable bonds is 4. The maximum absolute atomic E-state index is 13.5. The van der Waals surface area contributed by atoms with E-state index in [1.807, 2.05) is 6.07 Å². The van der Waals surface area contributed by atoms with Gasteiger partial charge in [-0.15, -0.1) is 0 Å². The zero-order chi connectivity index (χ0) is 13.7. The second kappa shape index (κ2) is 7.36. The molecule has 106 valence electrons. The van der Waals surface area contributed by atoms with E-state index in [9.17, 15) is 4.39 Å². The van der Waals surface area contributed by atoms with Crippen molar-refractivity contribution in [2.24, 2.45) is 11.8 Å². The van der Waals surface area contributed by atoms with Gasteiger partial charge in [-0.1, -0.05) is 37.8 Å². The fraction of sp³-hybridized carbons (Fsp3) is 0.600. The number of nitrogens with one attached hydrogen (secondary N) is 1. The first kappa shape index (κ1) is 14.9. The Morgan fingerprint density at radius 2 is 1.95 bits per heavy atom. The highest BCUT2D eigenvalue weighted by molar-refractivity contribution is 9.10. The molecule has 0 radical (unpaired) electrons. The first-order valence-electron chi connectivity index (χ1n) is 7.11. The molecule has 0 amide bonds. The molecule has 19 heavy (non-hydrogen) atoms. The quantitative estimate of drug-likeness (QED) is 0.499. The predicted octanol–water partition coefficient (Wildman–Crippen LogP) is 3.93. The van der Waals surface area contributed by atoms with Crippen molar-refractivity contribution in [3.63, 3.8) is 0 Å². The minimum Gasteiger partial charge on any atom is -0.271 e. The van der Waals surface area contributed by atoms with Crippen LogP contribution in [-0.2, 0) is 6.42 Å². The van der Waals surface area contributed by atoms with Gasteiger partial charge >= 0.3 is 0 Å². The minimum absolute atomic E-state index is 0.200. The van der Waals surface area contributed by atoms with Crippen molar-refractivity contribution < 1.29 is 4.39 Å². The number of nitrogens with two attached hydrogens (primary N) is 1. The van der Waals surface area contributed by atoms with Crippen LogP contribution in [-0.4, -0.2) is 6.04 Å². The number of hydrogen-bond donors (Lipinski definition) is 2. The fourth-order valence-electron chi connectivity index (χ4n) is 3.02. The van der Waals surface area contributed by atoms with E-state index in [1.54, 1.807) is 6.07 Å². The van der Waals surface area contributed by atoms with Crippen molar-refractivity contribution in [2.45, 2.75) is 51.0 Å². The summed E-state index contributed by atoms with van der Waals surface area (Å²) in [5, 5.41) is 0. The number of hydrogen-bond acceptors (Lipinski definition) is 2. The predicted molar refractivity (Wildman–Crippen MR) is 80.1 cm³/mol. The van der Waals surface area contributed by atoms with E-state index >= 15 is 0 Å². The lowest BCUT2D eigenvalue weighted by Crippen LogP contribution is -2.42. The van der Waals surface area contributed by atoms with E-state index in [1.165, 1.54) is 44.6 Å². The molecule has 1 aliphatic rings. The molecule has 2 rings (SSSR count). The molecule has 1 atom stereocenters. The molecule has 0 aliphatic heterocycles. The Morgan fingerprint density at radius 3 is 2.58 bits per heavy atom. The average molecular weight is 329 g/mol. The molecule has 1 aromatic rings. The molecule has 1 aliphatic carbocycles. The molecule has 3 N–H and O–H groups in total. The summed E-state index contributed by atoms with van der Waals surface area (Å²) in [6.07, 6.45) is 8.46. The summed E-state index contributed by atoms with van der Waals surface area (Å²) >= 11 is 3.33. The van der Waals surface area contributed by atoms with Gasteiger partial charge in [-0.3, -0.25) is 11.3 Å². The van der Waals surface area contributed by atoms with E-state index in [0.717, 1.165) is 12.0 Å². The maximum atomic E-state index is 13.5. The Morgan fingerprint density at radius 1 is 1.26 bits per heavy atom. The largest absolute Gasteiger partial charge is 0.271 e. The molecular weight excluding hydrogens is 307 g/mol. The summed E-state index contributed by atoms with van der Waals surface area (Å²) in [4.78, 5) is 0. The van der Waals surface area contributed by atoms with Gasteiger partial charge in [-0.2, -0.15) is 0 Å². The van der Waals surface area contributed by atoms with Crippen LogP contribution in [0.15, 0.2) is 22.7 Å². The third-order valence-electron chi connectivity index (χ3n) is 4.15. The summed E-state index contributed by atoms with van der Waals surface area (Å²) in [6, 6.07) is 5.44. The fourth-order valence-corrected chi connectivity index (χ4v) is 3.44. The molecule has 1 saturated carbocycles. The summed E-state index contributed by atoms with van der Waals surface area (Å²) in [5.41, 5.74) is 3.94. The second-order valence-electron chi connectivity index (χ2n) is 5.44. The van der Waals surface area contributed by atoms with E-state index in [-0.39, 0.29) is 11.9 Å². The molecular formula is C15H22BrFN2. The van der Waals surface area contributed by atoms with Crippen molar-refractivity contribution in [3.8, 4) is 0 Å². The standard InChI is InChI=1S/C15H22BrFN2/c16-15-12(8-5-9-13(15)17)10-14(19-18)11-6-3-1-2-4-7-11/h5,8-9,11,14,19H,1-4,6-7,10,18H2. The molecule has 1 unspecified atom stereocenters. The molecule has 4 heteroatoms. The summed E-state index contributed by atoms with van der Waals surface area (Å²) in [7, 11) is 0. The van der Waals surface area contributed by atoms with Crippen molar-refractivity contribution in [2.75, 3.05) is 0 Å². The lowest BCUT2D eigenvalue weighted by molar-refractivity contribution is 0.320. The van der Waals surface area contributed by atoms with Crippen LogP contribution in [0.5, 0.6) is 0 Å². The van der Waals surface area contributed by atoms with Crippen molar-refractivity contribution >= 4 is 15.9 Å². The van der Waals surface area contributed by atoms with Crippen molar-refractivity contribution in [3.05, 3.63) is 34.1 Å². The highest BCUT2D eigenvalue weighted by Gasteiger charge is 2.23. The summed E-state index contributed by atoms with van der Waals surface area (Å²) in [6.45, 7) is 0. The van der Waals surface area contributed by atoms with Gasteiger partial charge in [-0.05, 0) is 52.7 Å². The molecule has 2 nitrogen and oxygen atoms in total. The number of hydrazine groups is 1. The molecule has 0 aromatic heterocycles. The number of halogens is 2. The Labute approximate surface area is 123 Å². The smallest absolute Gasteiger partial charge is 0.137 e. The molecule has 0 bridgehead atoms. The van der Waals surface area contributed by atoms with Gasteiger partial charge < -0.3 is 0 Å². The third-order valence-corrected chi connectivity index (χ3v) is 5.04. The van der Waals surface area contributed by atoms with Crippen LogP contribution in [0.4, 0.5) is 4.39 Å². The Kier molecular flexibility index (Phi) is 5.79. The van der Waals surface area contributed by atoms with Crippen LogP contribution in [0.25, 0.3) is 0 Å². The zero-order valence-corrected chi connectivity index (χ0v) is 12.8. The van der Waals surface area contributed by atoms with Gasteiger partial charge in [0.1, 0.15) is 5.82 Å². The normalized spacial score (nSPS) is 19.1. The zero-order valence-electron chi connectivity index (χ0n) is 11.2. The highest BCUT2D eigenvalue weighted by atomic mass is 79.9. The molecule has 0 heterocycles. The third kappa shape index (κ3) is 4.01. The van der Waals surface area contributed by atoms with Gasteiger partial charge in [0, 0.05) is 6.04 Å². The molecule has 1 aromatic carbocycles. The van der Waals surface area contributed by atoms with E-state index in [2.05, 4.69) is 21.4 Å². The van der Waals surface area contributed by atoms with Gasteiger partial charge in [0.2, 0.25) is 0 Å². The first-order chi connectivity index (χ1) is 9.22. The Hall–Kier alpha value is -0.450. The van der Waals surface area contributed by atoms with Crippen molar-refractivity contribution in [1.29, 1.82) is 0 Å². The van der Waals surface area contributed by atoms with Gasteiger partial charge in [0.15, 0.2) is 0 Å². The van der Waals surface area contributed by atoms with E-state index < -0.39 is 0 Å². The van der Waals surface area contributed by atoms with E-state index in [4.69, 9.17) is 5.84 Å². The van der Waals surface area contributed by atoms with Crippen LogP contribution >= 0.6 is 15.9 Å². The topological polar surface area (TPSA) is 38.0 Å². The molecule has 0 saturated heterocycles. The minimum atomic E-state index is -0.200. The second-order valence-corrected chi connectivity index (χ2v) is 6.23. The van der Waals surface area contributed by atoms with Crippen LogP contribution in [0.2, 0.25) is 0 Å². The SMILES string of the molecule is NNC(Cc1cccc(F)c1Br)C1CCCCCC1. The monoisotopic (exact) mass is 328 g/mol. The summed E-state index contributed by atoms with van der Waals surface area (Å²) < 4.78 is 14.1. The summed E-state index contributed by atoms with van der Waals surface area (Å²) in [5.74, 6) is 6.13. The molecule has 1 fully saturated rings. The van der Waals surface area contributed by atoms with Crippen LogP contribution in [0.3, 0.4) is 0 Å². The van der Waals surface area contributed by atoms with E-state index in [0.29, 0.717) is 10.4 Å². The molecule has 0 spiro atoms.